The molecule has 1 N–H and O–H groups in total. The highest BCUT2D eigenvalue weighted by molar-refractivity contribution is 7.93. The predicted molar refractivity (Wildman–Crippen MR) is 82.6 cm³/mol. The van der Waals surface area contributed by atoms with E-state index < -0.39 is 14.9 Å². The molecule has 118 valence electrons. The SMILES string of the molecule is Cc1ccc([N+](=O)[O-])cc1S(=O)(=O)Nc1nc(C(C)C)ns1. The lowest BCUT2D eigenvalue weighted by Gasteiger charge is -2.07. The number of nitro benzene ring substituents is 1. The molecule has 1 heterocycles. The average Bonchev–Trinajstić information content (AvgIpc) is 2.86. The zero-order valence-corrected chi connectivity index (χ0v) is 13.7. The smallest absolute Gasteiger partial charge is 0.258 e. The summed E-state index contributed by atoms with van der Waals surface area (Å²) >= 11 is 0.931. The number of sulfonamides is 1. The van der Waals surface area contributed by atoms with Crippen LogP contribution in [0.2, 0.25) is 0 Å². The molecule has 0 spiro atoms. The summed E-state index contributed by atoms with van der Waals surface area (Å²) in [5.74, 6) is 0.618. The van der Waals surface area contributed by atoms with Gasteiger partial charge in [0.1, 0.15) is 5.82 Å². The van der Waals surface area contributed by atoms with Gasteiger partial charge < -0.3 is 0 Å². The normalized spacial score (nSPS) is 11.6. The molecule has 0 saturated heterocycles. The number of rotatable bonds is 5. The van der Waals surface area contributed by atoms with Crippen molar-refractivity contribution >= 4 is 32.4 Å². The molecule has 0 amide bonds. The van der Waals surface area contributed by atoms with Crippen LogP contribution >= 0.6 is 11.5 Å². The molecule has 22 heavy (non-hydrogen) atoms. The number of anilines is 1. The molecule has 2 aromatic rings. The number of non-ortho nitro benzene ring substituents is 1. The highest BCUT2D eigenvalue weighted by Crippen LogP contribution is 2.25. The Hall–Kier alpha value is -2.07. The molecule has 1 aromatic carbocycles. The molecule has 8 nitrogen and oxygen atoms in total. The van der Waals surface area contributed by atoms with Crippen LogP contribution in [0, 0.1) is 17.0 Å². The summed E-state index contributed by atoms with van der Waals surface area (Å²) in [4.78, 5) is 14.1. The van der Waals surface area contributed by atoms with E-state index in [2.05, 4.69) is 14.1 Å². The van der Waals surface area contributed by atoms with Crippen molar-refractivity contribution in [1.29, 1.82) is 0 Å². The lowest BCUT2D eigenvalue weighted by atomic mass is 10.2. The van der Waals surface area contributed by atoms with Crippen LogP contribution in [0.5, 0.6) is 0 Å². The minimum Gasteiger partial charge on any atom is -0.258 e. The summed E-state index contributed by atoms with van der Waals surface area (Å²) in [7, 11) is -3.96. The monoisotopic (exact) mass is 342 g/mol. The minimum absolute atomic E-state index is 0.0778. The molecule has 0 radical (unpaired) electrons. The Morgan fingerprint density at radius 2 is 2.05 bits per heavy atom. The third-order valence-electron chi connectivity index (χ3n) is 2.85. The van der Waals surface area contributed by atoms with Crippen molar-refractivity contribution in [3.63, 3.8) is 0 Å². The summed E-state index contributed by atoms with van der Waals surface area (Å²) in [6.45, 7) is 5.36. The third-order valence-corrected chi connectivity index (χ3v) is 5.11. The Morgan fingerprint density at radius 1 is 1.36 bits per heavy atom. The van der Waals surface area contributed by atoms with Crippen molar-refractivity contribution in [2.75, 3.05) is 4.72 Å². The van der Waals surface area contributed by atoms with Crippen LogP contribution in [-0.2, 0) is 10.0 Å². The lowest BCUT2D eigenvalue weighted by Crippen LogP contribution is -2.14. The molecule has 0 atom stereocenters. The second-order valence-corrected chi connectivity index (χ2v) is 7.33. The summed E-state index contributed by atoms with van der Waals surface area (Å²) < 4.78 is 31.1. The first-order chi connectivity index (χ1) is 10.2. The Bertz CT molecular complexity index is 814. The summed E-state index contributed by atoms with van der Waals surface area (Å²) in [5.41, 5.74) is 0.123. The molecule has 0 aliphatic rings. The number of hydrogen-bond acceptors (Lipinski definition) is 7. The lowest BCUT2D eigenvalue weighted by molar-refractivity contribution is -0.385. The van der Waals surface area contributed by atoms with E-state index in [9.17, 15) is 18.5 Å². The number of aryl methyl sites for hydroxylation is 1. The predicted octanol–water partition coefficient (Wildman–Crippen LogP) is 2.68. The van der Waals surface area contributed by atoms with E-state index >= 15 is 0 Å². The maximum Gasteiger partial charge on any atom is 0.270 e. The average molecular weight is 342 g/mol. The Balaban J connectivity index is 2.37. The largest absolute Gasteiger partial charge is 0.270 e. The van der Waals surface area contributed by atoms with Crippen molar-refractivity contribution in [3.8, 4) is 0 Å². The summed E-state index contributed by atoms with van der Waals surface area (Å²) in [6.07, 6.45) is 0. The first-order valence-corrected chi connectivity index (χ1v) is 8.58. The number of nitrogens with one attached hydrogen (secondary N) is 1. The first kappa shape index (κ1) is 16.3. The Kier molecular flexibility index (Phi) is 4.42. The van der Waals surface area contributed by atoms with Crippen LogP contribution in [0.1, 0.15) is 31.2 Å². The second kappa shape index (κ2) is 5.97. The van der Waals surface area contributed by atoms with Crippen molar-refractivity contribution in [2.45, 2.75) is 31.6 Å². The Labute approximate surface area is 131 Å². The zero-order valence-electron chi connectivity index (χ0n) is 12.1. The maximum absolute atomic E-state index is 12.4. The first-order valence-electron chi connectivity index (χ1n) is 6.32. The van der Waals surface area contributed by atoms with Gasteiger partial charge in [0.15, 0.2) is 0 Å². The van der Waals surface area contributed by atoms with E-state index in [1.807, 2.05) is 13.8 Å². The standard InChI is InChI=1S/C12H14N4O4S2/c1-7(2)11-13-12(21-14-11)15-22(19,20)10-6-9(16(17)18)5-4-8(10)3/h4-7H,1-3H3,(H,13,14,15). The summed E-state index contributed by atoms with van der Waals surface area (Å²) in [6, 6.07) is 3.69. The molecule has 0 unspecified atom stereocenters. The topological polar surface area (TPSA) is 115 Å². The number of nitro groups is 1. The van der Waals surface area contributed by atoms with E-state index in [0.717, 1.165) is 17.6 Å². The van der Waals surface area contributed by atoms with Gasteiger partial charge in [-0.1, -0.05) is 19.9 Å². The molecule has 2 rings (SSSR count). The molecular formula is C12H14N4O4S2. The number of nitrogens with zero attached hydrogens (tertiary/aromatic N) is 3. The van der Waals surface area contributed by atoms with Gasteiger partial charge in [0.05, 0.1) is 9.82 Å². The minimum atomic E-state index is -3.96. The fourth-order valence-corrected chi connectivity index (χ4v) is 3.87. The van der Waals surface area contributed by atoms with Crippen molar-refractivity contribution < 1.29 is 13.3 Å². The van der Waals surface area contributed by atoms with Gasteiger partial charge in [-0.05, 0) is 12.5 Å². The van der Waals surface area contributed by atoms with E-state index in [4.69, 9.17) is 0 Å². The second-order valence-electron chi connectivity index (χ2n) is 4.92. The maximum atomic E-state index is 12.4. The van der Waals surface area contributed by atoms with Crippen molar-refractivity contribution in [3.05, 3.63) is 39.7 Å². The van der Waals surface area contributed by atoms with Gasteiger partial charge in [0.25, 0.3) is 15.7 Å². The summed E-state index contributed by atoms with van der Waals surface area (Å²) in [5, 5.41) is 10.9. The van der Waals surface area contributed by atoms with E-state index in [1.54, 1.807) is 6.92 Å². The molecule has 0 fully saturated rings. The van der Waals surface area contributed by atoms with Crippen LogP contribution in [0.15, 0.2) is 23.1 Å². The van der Waals surface area contributed by atoms with Gasteiger partial charge >= 0.3 is 0 Å². The van der Waals surface area contributed by atoms with Crippen LogP contribution in [0.3, 0.4) is 0 Å². The van der Waals surface area contributed by atoms with E-state index in [1.165, 1.54) is 12.1 Å². The number of hydrogen-bond donors (Lipinski definition) is 1. The van der Waals surface area contributed by atoms with Gasteiger partial charge in [0, 0.05) is 29.6 Å². The van der Waals surface area contributed by atoms with Crippen molar-refractivity contribution in [2.24, 2.45) is 0 Å². The van der Waals surface area contributed by atoms with Crippen LogP contribution in [0.4, 0.5) is 10.8 Å². The van der Waals surface area contributed by atoms with E-state index in [0.29, 0.717) is 11.4 Å². The van der Waals surface area contributed by atoms with Gasteiger partial charge in [-0.3, -0.25) is 14.8 Å². The quantitative estimate of drug-likeness (QED) is 0.660. The number of aromatic nitrogens is 2. The third kappa shape index (κ3) is 3.39. The molecule has 0 aliphatic carbocycles. The zero-order chi connectivity index (χ0) is 16.5. The van der Waals surface area contributed by atoms with Crippen LogP contribution in [0.25, 0.3) is 0 Å². The molecule has 0 bridgehead atoms. The fourth-order valence-electron chi connectivity index (χ4n) is 1.67. The fraction of sp³-hybridized carbons (Fsp3) is 0.333. The van der Waals surface area contributed by atoms with E-state index in [-0.39, 0.29) is 21.6 Å². The molecule has 0 aliphatic heterocycles. The van der Waals surface area contributed by atoms with Gasteiger partial charge in [-0.2, -0.15) is 4.37 Å². The molecule has 10 heteroatoms. The van der Waals surface area contributed by atoms with Gasteiger partial charge in [0.2, 0.25) is 5.13 Å². The number of benzene rings is 1. The molecular weight excluding hydrogens is 328 g/mol. The highest BCUT2D eigenvalue weighted by Gasteiger charge is 2.22. The van der Waals surface area contributed by atoms with Crippen LogP contribution < -0.4 is 4.72 Å². The van der Waals surface area contributed by atoms with Crippen LogP contribution in [-0.4, -0.2) is 22.7 Å². The molecule has 1 aromatic heterocycles. The Morgan fingerprint density at radius 3 is 2.59 bits per heavy atom. The van der Waals surface area contributed by atoms with Gasteiger partial charge in [-0.25, -0.2) is 13.4 Å². The van der Waals surface area contributed by atoms with Gasteiger partial charge in [-0.15, -0.1) is 0 Å². The van der Waals surface area contributed by atoms with Crippen molar-refractivity contribution in [1.82, 2.24) is 9.36 Å². The highest BCUT2D eigenvalue weighted by atomic mass is 32.2. The molecule has 0 saturated carbocycles.